The second kappa shape index (κ2) is 2.76. The van der Waals surface area contributed by atoms with Crippen molar-refractivity contribution in [2.24, 2.45) is 0 Å². The fraction of sp³-hybridized carbons (Fsp3) is 0.750. The molecule has 1 N–H and O–H groups in total. The number of carbonyl (C=O) groups excluding carboxylic acids is 1. The molecule has 0 fully saturated rings. The third-order valence-corrected chi connectivity index (χ3v) is 0.899. The van der Waals surface area contributed by atoms with Gasteiger partial charge in [-0.1, -0.05) is 0 Å². The summed E-state index contributed by atoms with van der Waals surface area (Å²) in [7, 11) is 1.78. The van der Waals surface area contributed by atoms with E-state index >= 15 is 0 Å². The van der Waals surface area contributed by atoms with Crippen molar-refractivity contribution in [1.29, 1.82) is 0 Å². The molecule has 0 radical (unpaired) electrons. The normalized spacial score (nSPS) is 10.9. The summed E-state index contributed by atoms with van der Waals surface area (Å²) in [6.07, 6.45) is -4.60. The Morgan fingerprint density at radius 1 is 1.50 bits per heavy atom. The smallest absolute Gasteiger partial charge is 0.341 e. The Morgan fingerprint density at radius 2 is 1.90 bits per heavy atom. The predicted octanol–water partition coefficient (Wildman–Crippen LogP) is 0.777. The van der Waals surface area contributed by atoms with Crippen LogP contribution in [0.5, 0.6) is 0 Å². The highest BCUT2D eigenvalue weighted by Crippen LogP contribution is 2.18. The van der Waals surface area contributed by atoms with E-state index in [0.717, 1.165) is 7.05 Å². The minimum atomic E-state index is -4.60. The van der Waals surface area contributed by atoms with Crippen LogP contribution < -0.4 is 5.32 Å². The molecule has 0 rings (SSSR count). The van der Waals surface area contributed by atoms with Gasteiger partial charge >= 0.3 is 12.3 Å². The number of hydrogen-bond donors (Lipinski definition) is 1. The monoisotopic (exact) mass is 156 g/mol. The van der Waals surface area contributed by atoms with Crippen LogP contribution in [0.4, 0.5) is 18.0 Å². The molecule has 6 heteroatoms. The first-order valence-corrected chi connectivity index (χ1v) is 2.42. The van der Waals surface area contributed by atoms with Crippen molar-refractivity contribution in [3.63, 3.8) is 0 Å². The lowest BCUT2D eigenvalue weighted by Crippen LogP contribution is -2.44. The number of rotatable bonds is 0. The van der Waals surface area contributed by atoms with E-state index in [-0.39, 0.29) is 4.90 Å². The van der Waals surface area contributed by atoms with Crippen LogP contribution in [0.25, 0.3) is 0 Å². The number of nitrogens with one attached hydrogen (secondary N) is 1. The molecule has 0 aliphatic rings. The molecule has 0 aromatic heterocycles. The largest absolute Gasteiger partial charge is 0.488 e. The molecule has 0 saturated heterocycles. The van der Waals surface area contributed by atoms with E-state index in [1.165, 1.54) is 0 Å². The van der Waals surface area contributed by atoms with Crippen LogP contribution in [0.15, 0.2) is 0 Å². The second-order valence-corrected chi connectivity index (χ2v) is 1.58. The number of nitrogens with zero attached hydrogens (tertiary/aromatic N) is 1. The van der Waals surface area contributed by atoms with Crippen molar-refractivity contribution in [2.75, 3.05) is 14.1 Å². The third kappa shape index (κ3) is 2.12. The molecule has 0 aliphatic carbocycles. The van der Waals surface area contributed by atoms with Gasteiger partial charge in [0.2, 0.25) is 0 Å². The van der Waals surface area contributed by atoms with Gasteiger partial charge in [-0.15, -0.1) is 13.2 Å². The Bertz CT molecular complexity index is 133. The second-order valence-electron chi connectivity index (χ2n) is 1.58. The summed E-state index contributed by atoms with van der Waals surface area (Å²) in [5, 5.41) is 1.84. The molecule has 0 aromatic carbocycles. The van der Waals surface area contributed by atoms with E-state index in [1.54, 1.807) is 0 Å². The van der Waals surface area contributed by atoms with E-state index in [4.69, 9.17) is 0 Å². The molecule has 0 aromatic rings. The van der Waals surface area contributed by atoms with Gasteiger partial charge in [-0.25, -0.2) is 9.69 Å². The van der Waals surface area contributed by atoms with Crippen molar-refractivity contribution in [3.8, 4) is 0 Å². The van der Waals surface area contributed by atoms with Crippen LogP contribution in [-0.2, 0) is 0 Å². The van der Waals surface area contributed by atoms with Crippen molar-refractivity contribution < 1.29 is 18.0 Å². The maximum Gasteiger partial charge on any atom is 0.488 e. The van der Waals surface area contributed by atoms with Crippen LogP contribution >= 0.6 is 0 Å². The molecule has 0 bridgehead atoms. The molecule has 3 nitrogen and oxygen atoms in total. The molecular formula is C4H7F3N2O. The highest BCUT2D eigenvalue weighted by molar-refractivity contribution is 5.73. The Morgan fingerprint density at radius 3 is 2.00 bits per heavy atom. The first-order chi connectivity index (χ1) is 4.39. The van der Waals surface area contributed by atoms with Gasteiger partial charge in [0.05, 0.1) is 0 Å². The standard InChI is InChI=1S/C4H7F3N2O/c1-8-3(10)9(2)4(5,6)7/h1-2H3,(H,8,10). The first-order valence-electron chi connectivity index (χ1n) is 2.42. The summed E-state index contributed by atoms with van der Waals surface area (Å²) in [5.74, 6) is 0. The van der Waals surface area contributed by atoms with Gasteiger partial charge in [0.15, 0.2) is 0 Å². The average molecular weight is 156 g/mol. The summed E-state index contributed by atoms with van der Waals surface area (Å²) in [6.45, 7) is 0. The van der Waals surface area contributed by atoms with E-state index in [0.29, 0.717) is 7.05 Å². The van der Waals surface area contributed by atoms with Gasteiger partial charge < -0.3 is 5.32 Å². The minimum Gasteiger partial charge on any atom is -0.341 e. The zero-order chi connectivity index (χ0) is 8.36. The molecule has 0 atom stereocenters. The van der Waals surface area contributed by atoms with Crippen molar-refractivity contribution in [1.82, 2.24) is 10.2 Å². The van der Waals surface area contributed by atoms with Crippen LogP contribution in [0, 0.1) is 0 Å². The van der Waals surface area contributed by atoms with E-state index in [1.807, 2.05) is 5.32 Å². The zero-order valence-corrected chi connectivity index (χ0v) is 5.49. The first kappa shape index (κ1) is 9.06. The van der Waals surface area contributed by atoms with Crippen molar-refractivity contribution in [2.45, 2.75) is 6.30 Å². The Kier molecular flexibility index (Phi) is 2.50. The number of amides is 2. The molecule has 60 valence electrons. The van der Waals surface area contributed by atoms with Gasteiger partial charge in [0, 0.05) is 14.1 Å². The van der Waals surface area contributed by atoms with Gasteiger partial charge in [-0.05, 0) is 0 Å². The lowest BCUT2D eigenvalue weighted by Gasteiger charge is -2.18. The molecule has 0 saturated carbocycles. The molecular weight excluding hydrogens is 149 g/mol. The topological polar surface area (TPSA) is 32.3 Å². The van der Waals surface area contributed by atoms with E-state index in [9.17, 15) is 18.0 Å². The highest BCUT2D eigenvalue weighted by atomic mass is 19.4. The van der Waals surface area contributed by atoms with E-state index < -0.39 is 12.3 Å². The molecule has 0 heterocycles. The number of hydrogen-bond acceptors (Lipinski definition) is 1. The van der Waals surface area contributed by atoms with Crippen LogP contribution in [0.2, 0.25) is 0 Å². The maximum atomic E-state index is 11.6. The quantitative estimate of drug-likeness (QED) is 0.516. The van der Waals surface area contributed by atoms with Crippen LogP contribution in [0.3, 0.4) is 0 Å². The number of halogens is 3. The Hall–Kier alpha value is -0.940. The molecule has 0 unspecified atom stereocenters. The Labute approximate surface area is 55.8 Å². The maximum absolute atomic E-state index is 11.6. The van der Waals surface area contributed by atoms with Crippen molar-refractivity contribution in [3.05, 3.63) is 0 Å². The highest BCUT2D eigenvalue weighted by Gasteiger charge is 2.37. The van der Waals surface area contributed by atoms with Gasteiger partial charge in [-0.3, -0.25) is 0 Å². The minimum absolute atomic E-state index is 0.340. The molecule has 2 amide bonds. The summed E-state index contributed by atoms with van der Waals surface area (Å²) in [4.78, 5) is 9.91. The van der Waals surface area contributed by atoms with Gasteiger partial charge in [0.25, 0.3) is 0 Å². The SMILES string of the molecule is CNC(=O)N(C)C(F)(F)F. The zero-order valence-electron chi connectivity index (χ0n) is 5.49. The predicted molar refractivity (Wildman–Crippen MR) is 28.3 cm³/mol. The number of alkyl halides is 3. The summed E-state index contributed by atoms with van der Waals surface area (Å²) >= 11 is 0. The third-order valence-electron chi connectivity index (χ3n) is 0.899. The summed E-state index contributed by atoms with van der Waals surface area (Å²) in [5.41, 5.74) is 0. The Balaban J connectivity index is 4.08. The van der Waals surface area contributed by atoms with Crippen LogP contribution in [0.1, 0.15) is 0 Å². The molecule has 0 spiro atoms. The fourth-order valence-corrected chi connectivity index (χ4v) is 0.283. The van der Waals surface area contributed by atoms with Crippen molar-refractivity contribution >= 4 is 6.03 Å². The molecule has 0 aliphatic heterocycles. The summed E-state index contributed by atoms with van der Waals surface area (Å²) < 4.78 is 34.7. The average Bonchev–Trinajstić information content (AvgIpc) is 1.83. The van der Waals surface area contributed by atoms with E-state index in [2.05, 4.69) is 0 Å². The lowest BCUT2D eigenvalue weighted by molar-refractivity contribution is -0.215. The summed E-state index contributed by atoms with van der Waals surface area (Å²) in [6, 6.07) is -1.17. The fourth-order valence-electron chi connectivity index (χ4n) is 0.283. The number of urea groups is 1. The van der Waals surface area contributed by atoms with Gasteiger partial charge in [0.1, 0.15) is 0 Å². The van der Waals surface area contributed by atoms with Gasteiger partial charge in [-0.2, -0.15) is 0 Å². The lowest BCUT2D eigenvalue weighted by atomic mass is 10.8. The number of carbonyl (C=O) groups is 1. The molecule has 10 heavy (non-hydrogen) atoms. The van der Waals surface area contributed by atoms with Crippen LogP contribution in [-0.4, -0.2) is 31.3 Å².